The lowest BCUT2D eigenvalue weighted by atomic mass is 10.1. The van der Waals surface area contributed by atoms with Crippen LogP contribution in [0.5, 0.6) is 0 Å². The lowest BCUT2D eigenvalue weighted by molar-refractivity contribution is -0.0338. The number of aromatic nitrogens is 3. The van der Waals surface area contributed by atoms with Crippen LogP contribution in [-0.4, -0.2) is 76.3 Å². The van der Waals surface area contributed by atoms with Gasteiger partial charge < -0.3 is 35.5 Å². The molecule has 0 unspecified atom stereocenters. The van der Waals surface area contributed by atoms with Crippen molar-refractivity contribution in [2.45, 2.75) is 44.3 Å². The molecule has 4 rings (SSSR count). The minimum atomic E-state index is -1.04. The van der Waals surface area contributed by atoms with E-state index in [4.69, 9.17) is 4.74 Å². The highest BCUT2D eigenvalue weighted by Crippen LogP contribution is 2.34. The normalized spacial score (nSPS) is 22.8. The van der Waals surface area contributed by atoms with E-state index in [2.05, 4.69) is 50.2 Å². The lowest BCUT2D eigenvalue weighted by Gasteiger charge is -2.17. The van der Waals surface area contributed by atoms with Gasteiger partial charge in [0.25, 0.3) is 0 Å². The molecule has 5 N–H and O–H groups in total. The van der Waals surface area contributed by atoms with Gasteiger partial charge in [0.2, 0.25) is 0 Å². The molecule has 178 valence electrons. The number of ether oxygens (including phenoxy) is 1. The Hall–Kier alpha value is -2.56. The fourth-order valence-electron chi connectivity index (χ4n) is 4.37. The van der Waals surface area contributed by atoms with Crippen LogP contribution in [0.2, 0.25) is 0 Å². The molecule has 9 nitrogen and oxygen atoms in total. The third-order valence-corrected chi connectivity index (χ3v) is 6.13. The quantitative estimate of drug-likeness (QED) is 0.275. The molecular formula is C24H34N6O3. The Morgan fingerprint density at radius 3 is 2.61 bits per heavy atom. The van der Waals surface area contributed by atoms with Gasteiger partial charge in [0, 0.05) is 19.8 Å². The molecule has 3 heterocycles. The van der Waals surface area contributed by atoms with Crippen molar-refractivity contribution in [3.8, 4) is 0 Å². The summed E-state index contributed by atoms with van der Waals surface area (Å²) in [5.74, 6) is 0.722. The van der Waals surface area contributed by atoms with E-state index in [1.807, 2.05) is 26.2 Å². The first kappa shape index (κ1) is 23.6. The van der Waals surface area contributed by atoms with Crippen LogP contribution in [0.15, 0.2) is 42.9 Å². The molecular weight excluding hydrogens is 420 g/mol. The summed E-state index contributed by atoms with van der Waals surface area (Å²) in [5, 5.41) is 32.0. The summed E-state index contributed by atoms with van der Waals surface area (Å²) < 4.78 is 7.85. The first-order valence-electron chi connectivity index (χ1n) is 11.6. The molecule has 4 atom stereocenters. The number of nitrogens with one attached hydrogen (secondary N) is 3. The summed E-state index contributed by atoms with van der Waals surface area (Å²) >= 11 is 0. The number of fused-ring (bicyclic) bond motifs is 1. The van der Waals surface area contributed by atoms with Crippen molar-refractivity contribution < 1.29 is 14.9 Å². The maximum Gasteiger partial charge on any atom is 0.164 e. The SMILES string of the molecule is CNc1ncnc2c1c(C)cn2[C@@H]1O[C@H](CNCCCNCCc2ccccc2)[C@@H](O)[C@H]1O. The zero-order chi connectivity index (χ0) is 23.2. The highest BCUT2D eigenvalue weighted by Gasteiger charge is 2.44. The van der Waals surface area contributed by atoms with Gasteiger partial charge in [0.1, 0.15) is 36.1 Å². The molecule has 0 spiro atoms. The lowest BCUT2D eigenvalue weighted by Crippen LogP contribution is -2.38. The van der Waals surface area contributed by atoms with Gasteiger partial charge in [-0.1, -0.05) is 30.3 Å². The fourth-order valence-corrected chi connectivity index (χ4v) is 4.37. The van der Waals surface area contributed by atoms with Crippen molar-refractivity contribution in [1.82, 2.24) is 25.2 Å². The fraction of sp³-hybridized carbons (Fsp3) is 0.500. The second-order valence-corrected chi connectivity index (χ2v) is 8.48. The van der Waals surface area contributed by atoms with Gasteiger partial charge in [-0.05, 0) is 50.5 Å². The van der Waals surface area contributed by atoms with Crippen molar-refractivity contribution in [3.05, 3.63) is 54.0 Å². The van der Waals surface area contributed by atoms with Crippen molar-refractivity contribution in [1.29, 1.82) is 0 Å². The predicted molar refractivity (Wildman–Crippen MR) is 128 cm³/mol. The number of hydrogen-bond acceptors (Lipinski definition) is 8. The Kier molecular flexibility index (Phi) is 7.89. The second kappa shape index (κ2) is 11.0. The van der Waals surface area contributed by atoms with Crippen LogP contribution in [0.25, 0.3) is 11.0 Å². The Morgan fingerprint density at radius 1 is 1.03 bits per heavy atom. The van der Waals surface area contributed by atoms with Crippen LogP contribution in [0.4, 0.5) is 5.82 Å². The number of nitrogens with zero attached hydrogens (tertiary/aromatic N) is 3. The van der Waals surface area contributed by atoms with Crippen molar-refractivity contribution >= 4 is 16.9 Å². The van der Waals surface area contributed by atoms with Crippen LogP contribution < -0.4 is 16.0 Å². The zero-order valence-corrected chi connectivity index (χ0v) is 19.2. The van der Waals surface area contributed by atoms with Crippen LogP contribution >= 0.6 is 0 Å². The van der Waals surface area contributed by atoms with Gasteiger partial charge in [0.15, 0.2) is 6.23 Å². The Labute approximate surface area is 194 Å². The molecule has 1 fully saturated rings. The molecule has 1 aliphatic heterocycles. The van der Waals surface area contributed by atoms with Gasteiger partial charge in [-0.2, -0.15) is 0 Å². The smallest absolute Gasteiger partial charge is 0.164 e. The average Bonchev–Trinajstić information content (AvgIpc) is 3.32. The molecule has 33 heavy (non-hydrogen) atoms. The molecule has 1 aromatic carbocycles. The van der Waals surface area contributed by atoms with E-state index >= 15 is 0 Å². The first-order chi connectivity index (χ1) is 16.1. The van der Waals surface area contributed by atoms with E-state index in [-0.39, 0.29) is 0 Å². The number of hydrogen-bond donors (Lipinski definition) is 5. The molecule has 0 saturated carbocycles. The molecule has 0 bridgehead atoms. The standard InChI is InChI=1S/C24H34N6O3/c1-16-14-30(23-19(16)22(25-2)28-15-29-23)24-21(32)20(31)18(33-24)13-27-11-6-10-26-12-9-17-7-4-3-5-8-17/h3-5,7-8,14-15,18,20-21,24,26-27,31-32H,6,9-13H2,1-2H3,(H,25,28,29)/t18-,20-,21-,24-/m1/s1. The summed E-state index contributed by atoms with van der Waals surface area (Å²) in [6.07, 6.45) is 2.13. The Morgan fingerprint density at radius 2 is 1.82 bits per heavy atom. The highest BCUT2D eigenvalue weighted by molar-refractivity contribution is 5.90. The molecule has 9 heteroatoms. The van der Waals surface area contributed by atoms with Crippen LogP contribution in [0.1, 0.15) is 23.8 Å². The summed E-state index contributed by atoms with van der Waals surface area (Å²) in [6.45, 7) is 5.10. The maximum atomic E-state index is 10.7. The number of anilines is 1. The van der Waals surface area contributed by atoms with E-state index in [1.165, 1.54) is 11.9 Å². The number of aliphatic hydroxyl groups is 2. The molecule has 2 aromatic heterocycles. The van der Waals surface area contributed by atoms with Crippen LogP contribution in [0.3, 0.4) is 0 Å². The van der Waals surface area contributed by atoms with Crippen molar-refractivity contribution in [3.63, 3.8) is 0 Å². The van der Waals surface area contributed by atoms with E-state index in [0.717, 1.165) is 49.2 Å². The molecule has 3 aromatic rings. The molecule has 1 saturated heterocycles. The highest BCUT2D eigenvalue weighted by atomic mass is 16.6. The van der Waals surface area contributed by atoms with E-state index in [0.29, 0.717) is 12.2 Å². The summed E-state index contributed by atoms with van der Waals surface area (Å²) in [7, 11) is 1.81. The minimum Gasteiger partial charge on any atom is -0.387 e. The third kappa shape index (κ3) is 5.34. The van der Waals surface area contributed by atoms with Gasteiger partial charge in [-0.25, -0.2) is 9.97 Å². The molecule has 0 aliphatic carbocycles. The molecule has 0 radical (unpaired) electrons. The Balaban J connectivity index is 1.24. The van der Waals surface area contributed by atoms with Gasteiger partial charge in [0.05, 0.1) is 5.39 Å². The molecule has 1 aliphatic rings. The summed E-state index contributed by atoms with van der Waals surface area (Å²) in [6, 6.07) is 10.4. The van der Waals surface area contributed by atoms with Crippen LogP contribution in [-0.2, 0) is 11.2 Å². The zero-order valence-electron chi connectivity index (χ0n) is 19.2. The van der Waals surface area contributed by atoms with Crippen LogP contribution in [0, 0.1) is 6.92 Å². The number of benzene rings is 1. The average molecular weight is 455 g/mol. The monoisotopic (exact) mass is 454 g/mol. The van der Waals surface area contributed by atoms with Crippen molar-refractivity contribution in [2.24, 2.45) is 0 Å². The third-order valence-electron chi connectivity index (χ3n) is 6.13. The molecule has 0 amide bonds. The van der Waals surface area contributed by atoms with Crippen molar-refractivity contribution in [2.75, 3.05) is 38.5 Å². The number of aliphatic hydroxyl groups excluding tert-OH is 2. The topological polar surface area (TPSA) is 116 Å². The number of aryl methyl sites for hydroxylation is 1. The predicted octanol–water partition coefficient (Wildman–Crippen LogP) is 1.21. The largest absolute Gasteiger partial charge is 0.387 e. The van der Waals surface area contributed by atoms with Gasteiger partial charge in [-0.3, -0.25) is 0 Å². The second-order valence-electron chi connectivity index (χ2n) is 8.48. The van der Waals surface area contributed by atoms with E-state index in [1.54, 1.807) is 4.57 Å². The summed E-state index contributed by atoms with van der Waals surface area (Å²) in [5.41, 5.74) is 2.97. The van der Waals surface area contributed by atoms with Gasteiger partial charge >= 0.3 is 0 Å². The first-order valence-corrected chi connectivity index (χ1v) is 11.6. The van der Waals surface area contributed by atoms with E-state index in [9.17, 15) is 10.2 Å². The number of rotatable bonds is 11. The van der Waals surface area contributed by atoms with Gasteiger partial charge in [-0.15, -0.1) is 0 Å². The summed E-state index contributed by atoms with van der Waals surface area (Å²) in [4.78, 5) is 8.65. The Bertz CT molecular complexity index is 1030. The maximum absolute atomic E-state index is 10.7. The minimum absolute atomic E-state index is 0.466. The van der Waals surface area contributed by atoms with E-state index < -0.39 is 24.5 Å².